The van der Waals surface area contributed by atoms with Crippen LogP contribution in [-0.4, -0.2) is 24.0 Å². The third kappa shape index (κ3) is 5.00. The molecule has 0 radical (unpaired) electrons. The van der Waals surface area contributed by atoms with Crippen LogP contribution in [0, 0.1) is 13.8 Å². The predicted molar refractivity (Wildman–Crippen MR) is 119 cm³/mol. The molecule has 1 aromatic carbocycles. The van der Waals surface area contributed by atoms with Crippen molar-refractivity contribution in [3.63, 3.8) is 0 Å². The molecule has 0 bridgehead atoms. The van der Waals surface area contributed by atoms with Gasteiger partial charge in [-0.1, -0.05) is 34.1 Å². The Morgan fingerprint density at radius 1 is 1.27 bits per heavy atom. The van der Waals surface area contributed by atoms with Gasteiger partial charge in [0.1, 0.15) is 12.3 Å². The van der Waals surface area contributed by atoms with Gasteiger partial charge in [-0.25, -0.2) is 9.98 Å². The molecular weight excluding hydrogens is 507 g/mol. The Balaban J connectivity index is 0.00000243. The molecule has 0 spiro atoms. The lowest BCUT2D eigenvalue weighted by Gasteiger charge is -2.20. The Morgan fingerprint density at radius 3 is 2.58 bits per heavy atom. The van der Waals surface area contributed by atoms with Crippen molar-refractivity contribution >= 4 is 45.9 Å². The first-order valence-electron chi connectivity index (χ1n) is 8.74. The van der Waals surface area contributed by atoms with Crippen molar-refractivity contribution in [3.8, 4) is 0 Å². The van der Waals surface area contributed by atoms with E-state index in [1.54, 1.807) is 0 Å². The number of nitrogens with one attached hydrogen (secondary N) is 2. The van der Waals surface area contributed by atoms with Crippen molar-refractivity contribution in [2.45, 2.75) is 45.6 Å². The number of aromatic nitrogens is 1. The molecule has 0 saturated heterocycles. The van der Waals surface area contributed by atoms with Gasteiger partial charge in [-0.15, -0.1) is 24.0 Å². The number of aliphatic imine (C=N–C) groups is 1. The third-order valence-electron chi connectivity index (χ3n) is 4.68. The van der Waals surface area contributed by atoms with Gasteiger partial charge in [0.25, 0.3) is 0 Å². The number of oxazole rings is 1. The molecule has 2 N–H and O–H groups in total. The monoisotopic (exact) mass is 532 g/mol. The second kappa shape index (κ2) is 9.21. The summed E-state index contributed by atoms with van der Waals surface area (Å²) >= 11 is 3.69. The molecule has 1 aromatic heterocycles. The number of hydrogen-bond acceptors (Lipinski definition) is 3. The molecule has 142 valence electrons. The van der Waals surface area contributed by atoms with Gasteiger partial charge in [0.2, 0.25) is 5.89 Å². The number of rotatable bonds is 6. The van der Waals surface area contributed by atoms with E-state index in [4.69, 9.17) is 4.42 Å². The molecule has 7 heteroatoms. The molecule has 1 saturated carbocycles. The van der Waals surface area contributed by atoms with E-state index in [0.717, 1.165) is 30.5 Å². The highest BCUT2D eigenvalue weighted by molar-refractivity contribution is 14.0. The SMILES string of the molecule is CCNC(=NCc1nc(C)c(C)o1)NCC1(c2ccccc2Br)CC1.I. The molecule has 0 atom stereocenters. The first-order chi connectivity index (χ1) is 12.0. The van der Waals surface area contributed by atoms with Gasteiger partial charge in [0, 0.05) is 23.0 Å². The van der Waals surface area contributed by atoms with Crippen LogP contribution in [0.3, 0.4) is 0 Å². The Labute approximate surface area is 180 Å². The van der Waals surface area contributed by atoms with Crippen LogP contribution < -0.4 is 10.6 Å². The maximum Gasteiger partial charge on any atom is 0.216 e. The number of halogens is 2. The molecular formula is C19H26BrIN4O. The Morgan fingerprint density at radius 2 is 2.00 bits per heavy atom. The van der Waals surface area contributed by atoms with E-state index in [1.807, 2.05) is 13.8 Å². The minimum atomic E-state index is 0. The van der Waals surface area contributed by atoms with Crippen LogP contribution in [0.1, 0.15) is 42.7 Å². The number of hydrogen-bond donors (Lipinski definition) is 2. The van der Waals surface area contributed by atoms with Gasteiger partial charge in [0.15, 0.2) is 5.96 Å². The lowest BCUT2D eigenvalue weighted by atomic mass is 9.96. The van der Waals surface area contributed by atoms with Crippen LogP contribution in [0.4, 0.5) is 0 Å². The largest absolute Gasteiger partial charge is 0.444 e. The zero-order valence-corrected chi connectivity index (χ0v) is 19.4. The highest BCUT2D eigenvalue weighted by Crippen LogP contribution is 2.49. The first-order valence-corrected chi connectivity index (χ1v) is 9.53. The molecule has 1 fully saturated rings. The average Bonchev–Trinajstić information content (AvgIpc) is 3.31. The second-order valence-corrected chi connectivity index (χ2v) is 7.41. The van der Waals surface area contributed by atoms with E-state index in [9.17, 15) is 0 Å². The van der Waals surface area contributed by atoms with Crippen molar-refractivity contribution in [2.75, 3.05) is 13.1 Å². The summed E-state index contributed by atoms with van der Waals surface area (Å²) in [5, 5.41) is 6.79. The predicted octanol–water partition coefficient (Wildman–Crippen LogP) is 4.46. The summed E-state index contributed by atoms with van der Waals surface area (Å²) in [5.41, 5.74) is 2.50. The minimum absolute atomic E-state index is 0. The summed E-state index contributed by atoms with van der Waals surface area (Å²) in [6.07, 6.45) is 2.39. The van der Waals surface area contributed by atoms with Crippen LogP contribution in [-0.2, 0) is 12.0 Å². The Hall–Kier alpha value is -1.09. The summed E-state index contributed by atoms with van der Waals surface area (Å²) in [7, 11) is 0. The molecule has 0 amide bonds. The third-order valence-corrected chi connectivity index (χ3v) is 5.37. The highest BCUT2D eigenvalue weighted by atomic mass is 127. The molecule has 0 aliphatic heterocycles. The molecule has 1 heterocycles. The molecule has 1 aliphatic rings. The fraction of sp³-hybridized carbons (Fsp3) is 0.474. The smallest absolute Gasteiger partial charge is 0.216 e. The van der Waals surface area contributed by atoms with E-state index in [0.29, 0.717) is 12.4 Å². The number of guanidine groups is 1. The highest BCUT2D eigenvalue weighted by Gasteiger charge is 2.45. The fourth-order valence-corrected chi connectivity index (χ4v) is 3.64. The molecule has 5 nitrogen and oxygen atoms in total. The van der Waals surface area contributed by atoms with Gasteiger partial charge in [-0.3, -0.25) is 0 Å². The topological polar surface area (TPSA) is 62.5 Å². The van der Waals surface area contributed by atoms with Crippen molar-refractivity contribution in [1.82, 2.24) is 15.6 Å². The Bertz CT molecular complexity index is 751. The molecule has 1 aliphatic carbocycles. The summed E-state index contributed by atoms with van der Waals surface area (Å²) in [6, 6.07) is 8.48. The maximum absolute atomic E-state index is 5.61. The van der Waals surface area contributed by atoms with E-state index in [-0.39, 0.29) is 29.4 Å². The zero-order valence-electron chi connectivity index (χ0n) is 15.4. The van der Waals surface area contributed by atoms with E-state index >= 15 is 0 Å². The van der Waals surface area contributed by atoms with Crippen molar-refractivity contribution < 1.29 is 4.42 Å². The fourth-order valence-electron chi connectivity index (χ4n) is 2.93. The van der Waals surface area contributed by atoms with Crippen molar-refractivity contribution in [2.24, 2.45) is 4.99 Å². The van der Waals surface area contributed by atoms with E-state index in [1.165, 1.54) is 22.9 Å². The standard InChI is InChI=1S/C19H25BrN4O.HI/c1-4-21-18(22-11-17-24-13(2)14(3)25-17)23-12-19(9-10-19)15-7-5-6-8-16(15)20;/h5-8H,4,9-12H2,1-3H3,(H2,21,22,23);1H. The molecule has 0 unspecified atom stereocenters. The lowest BCUT2D eigenvalue weighted by molar-refractivity contribution is 0.472. The Kier molecular flexibility index (Phi) is 7.52. The summed E-state index contributed by atoms with van der Waals surface area (Å²) in [5.74, 6) is 2.31. The minimum Gasteiger partial charge on any atom is -0.444 e. The van der Waals surface area contributed by atoms with Gasteiger partial charge in [0.05, 0.1) is 5.69 Å². The van der Waals surface area contributed by atoms with Crippen LogP contribution >= 0.6 is 39.9 Å². The second-order valence-electron chi connectivity index (χ2n) is 6.56. The van der Waals surface area contributed by atoms with Crippen LogP contribution in [0.15, 0.2) is 38.1 Å². The molecule has 3 rings (SSSR count). The van der Waals surface area contributed by atoms with Crippen LogP contribution in [0.2, 0.25) is 0 Å². The van der Waals surface area contributed by atoms with E-state index in [2.05, 4.69) is 67.7 Å². The molecule has 2 aromatic rings. The van der Waals surface area contributed by atoms with E-state index < -0.39 is 0 Å². The lowest BCUT2D eigenvalue weighted by Crippen LogP contribution is -2.41. The van der Waals surface area contributed by atoms with Crippen LogP contribution in [0.25, 0.3) is 0 Å². The quantitative estimate of drug-likeness (QED) is 0.327. The summed E-state index contributed by atoms with van der Waals surface area (Å²) in [4.78, 5) is 9.00. The number of nitrogens with zero attached hydrogens (tertiary/aromatic N) is 2. The van der Waals surface area contributed by atoms with Gasteiger partial charge in [-0.05, 0) is 45.2 Å². The summed E-state index contributed by atoms with van der Waals surface area (Å²) in [6.45, 7) is 8.06. The number of benzene rings is 1. The van der Waals surface area contributed by atoms with Crippen molar-refractivity contribution in [1.29, 1.82) is 0 Å². The van der Waals surface area contributed by atoms with Gasteiger partial charge < -0.3 is 15.1 Å². The number of aryl methyl sites for hydroxylation is 2. The first kappa shape index (κ1) is 21.2. The molecule has 26 heavy (non-hydrogen) atoms. The van der Waals surface area contributed by atoms with Crippen LogP contribution in [0.5, 0.6) is 0 Å². The van der Waals surface area contributed by atoms with Gasteiger partial charge in [-0.2, -0.15) is 0 Å². The maximum atomic E-state index is 5.61. The zero-order chi connectivity index (χ0) is 17.9. The average molecular weight is 533 g/mol. The summed E-state index contributed by atoms with van der Waals surface area (Å²) < 4.78 is 6.79. The normalized spacial score (nSPS) is 15.3. The van der Waals surface area contributed by atoms with Crippen molar-refractivity contribution in [3.05, 3.63) is 51.6 Å². The van der Waals surface area contributed by atoms with Gasteiger partial charge >= 0.3 is 0 Å².